The number of aryl methyl sites for hydroxylation is 2. The van der Waals surface area contributed by atoms with E-state index in [1.807, 2.05) is 49.5 Å². The molecular formula is C29H31ClN4O3. The van der Waals surface area contributed by atoms with Gasteiger partial charge < -0.3 is 9.47 Å². The van der Waals surface area contributed by atoms with Gasteiger partial charge in [0.25, 0.3) is 5.56 Å². The number of benzene rings is 2. The summed E-state index contributed by atoms with van der Waals surface area (Å²) in [6, 6.07) is 13.1. The number of hydrogen-bond donors (Lipinski definition) is 0. The van der Waals surface area contributed by atoms with Crippen LogP contribution in [0.15, 0.2) is 53.5 Å². The minimum Gasteiger partial charge on any atom is -0.497 e. The van der Waals surface area contributed by atoms with E-state index < -0.39 is 0 Å². The first-order valence-electron chi connectivity index (χ1n) is 12.0. The third-order valence-electron chi connectivity index (χ3n) is 6.04. The fourth-order valence-electron chi connectivity index (χ4n) is 3.95. The summed E-state index contributed by atoms with van der Waals surface area (Å²) in [5.74, 6) is 2.23. The van der Waals surface area contributed by atoms with Crippen LogP contribution >= 0.6 is 11.6 Å². The van der Waals surface area contributed by atoms with E-state index in [0.717, 1.165) is 34.0 Å². The largest absolute Gasteiger partial charge is 0.497 e. The van der Waals surface area contributed by atoms with Crippen LogP contribution in [0, 0.1) is 20.8 Å². The molecule has 0 radical (unpaired) electrons. The van der Waals surface area contributed by atoms with Gasteiger partial charge in [0.05, 0.1) is 29.1 Å². The second kappa shape index (κ2) is 10.3. The van der Waals surface area contributed by atoms with Gasteiger partial charge in [-0.1, -0.05) is 50.6 Å². The molecule has 4 aromatic rings. The molecule has 0 spiro atoms. The number of hydrogen-bond acceptors (Lipinski definition) is 6. The highest BCUT2D eigenvalue weighted by atomic mass is 35.5. The first-order valence-corrected chi connectivity index (χ1v) is 12.4. The lowest BCUT2D eigenvalue weighted by Gasteiger charge is -2.19. The number of nitrogens with zero attached hydrogens (tertiary/aromatic N) is 4. The maximum absolute atomic E-state index is 13.5. The number of halogens is 1. The molecule has 0 aliphatic carbocycles. The Bertz CT molecular complexity index is 1520. The zero-order valence-corrected chi connectivity index (χ0v) is 23.0. The van der Waals surface area contributed by atoms with Gasteiger partial charge in [-0.15, -0.1) is 0 Å². The van der Waals surface area contributed by atoms with Crippen molar-refractivity contribution in [3.63, 3.8) is 0 Å². The standard InChI is InChI=1S/C29H31ClN4O3/c1-17-15-31-28(29(4,5)6)33-25(17)21-11-12-23(30)24(14-21)34-19(3)32-26(18(2)27(34)35)37-16-20-9-8-10-22(13-20)36-7/h8-15H,16H2,1-7H3. The predicted octanol–water partition coefficient (Wildman–Crippen LogP) is 6.15. The van der Waals surface area contributed by atoms with E-state index in [0.29, 0.717) is 22.1 Å². The van der Waals surface area contributed by atoms with Crippen molar-refractivity contribution in [3.8, 4) is 28.6 Å². The average Bonchev–Trinajstić information content (AvgIpc) is 2.86. The lowest BCUT2D eigenvalue weighted by atomic mass is 9.95. The van der Waals surface area contributed by atoms with Crippen molar-refractivity contribution >= 4 is 11.6 Å². The van der Waals surface area contributed by atoms with E-state index in [1.54, 1.807) is 27.0 Å². The molecule has 7 nitrogen and oxygen atoms in total. The van der Waals surface area contributed by atoms with E-state index in [2.05, 4.69) is 30.7 Å². The zero-order chi connectivity index (χ0) is 26.9. The van der Waals surface area contributed by atoms with E-state index >= 15 is 0 Å². The Hall–Kier alpha value is -3.71. The van der Waals surface area contributed by atoms with Crippen LogP contribution in [0.3, 0.4) is 0 Å². The van der Waals surface area contributed by atoms with Crippen molar-refractivity contribution in [2.24, 2.45) is 0 Å². The smallest absolute Gasteiger partial charge is 0.264 e. The first kappa shape index (κ1) is 26.4. The van der Waals surface area contributed by atoms with Crippen LogP contribution in [-0.2, 0) is 12.0 Å². The molecule has 0 amide bonds. The van der Waals surface area contributed by atoms with Crippen LogP contribution in [0.5, 0.6) is 11.6 Å². The van der Waals surface area contributed by atoms with Crippen molar-refractivity contribution in [3.05, 3.63) is 92.4 Å². The molecule has 0 unspecified atom stereocenters. The van der Waals surface area contributed by atoms with Crippen molar-refractivity contribution < 1.29 is 9.47 Å². The Kier molecular flexibility index (Phi) is 7.37. The second-order valence-corrected chi connectivity index (χ2v) is 10.4. The monoisotopic (exact) mass is 518 g/mol. The van der Waals surface area contributed by atoms with E-state index in [-0.39, 0.29) is 23.5 Å². The Morgan fingerprint density at radius 2 is 1.78 bits per heavy atom. The molecule has 37 heavy (non-hydrogen) atoms. The highest BCUT2D eigenvalue weighted by Crippen LogP contribution is 2.30. The molecule has 0 atom stereocenters. The van der Waals surface area contributed by atoms with Crippen LogP contribution in [0.1, 0.15) is 49.1 Å². The summed E-state index contributed by atoms with van der Waals surface area (Å²) in [7, 11) is 1.62. The molecule has 0 fully saturated rings. The Morgan fingerprint density at radius 3 is 2.49 bits per heavy atom. The van der Waals surface area contributed by atoms with Crippen molar-refractivity contribution in [1.29, 1.82) is 0 Å². The van der Waals surface area contributed by atoms with Crippen molar-refractivity contribution in [2.45, 2.75) is 53.6 Å². The van der Waals surface area contributed by atoms with Crippen LogP contribution < -0.4 is 15.0 Å². The van der Waals surface area contributed by atoms with Gasteiger partial charge in [-0.2, -0.15) is 4.98 Å². The molecule has 0 bridgehead atoms. The van der Waals surface area contributed by atoms with Gasteiger partial charge >= 0.3 is 0 Å². The van der Waals surface area contributed by atoms with Crippen LogP contribution in [0.25, 0.3) is 16.9 Å². The van der Waals surface area contributed by atoms with Gasteiger partial charge in [0.2, 0.25) is 5.88 Å². The Labute approximate surface area is 222 Å². The molecule has 2 heterocycles. The van der Waals surface area contributed by atoms with Gasteiger partial charge in [0.1, 0.15) is 24.0 Å². The normalized spacial score (nSPS) is 11.5. The molecule has 0 N–H and O–H groups in total. The molecule has 2 aromatic carbocycles. The van der Waals surface area contributed by atoms with Crippen LogP contribution in [0.4, 0.5) is 0 Å². The van der Waals surface area contributed by atoms with Gasteiger partial charge in [0, 0.05) is 17.2 Å². The summed E-state index contributed by atoms with van der Waals surface area (Å²) in [6.07, 6.45) is 1.83. The summed E-state index contributed by atoms with van der Waals surface area (Å²) in [6.45, 7) is 11.9. The second-order valence-electron chi connectivity index (χ2n) is 10.0. The number of ether oxygens (including phenoxy) is 2. The quantitative estimate of drug-likeness (QED) is 0.304. The molecule has 2 aromatic heterocycles. The molecule has 0 aliphatic rings. The first-order chi connectivity index (χ1) is 17.5. The summed E-state index contributed by atoms with van der Waals surface area (Å²) in [5.41, 5.74) is 3.96. The zero-order valence-electron chi connectivity index (χ0n) is 22.2. The molecule has 0 saturated carbocycles. The third kappa shape index (κ3) is 5.52. The highest BCUT2D eigenvalue weighted by molar-refractivity contribution is 6.32. The fourth-order valence-corrected chi connectivity index (χ4v) is 4.15. The van der Waals surface area contributed by atoms with Gasteiger partial charge in [-0.3, -0.25) is 9.36 Å². The number of methoxy groups -OCH3 is 1. The minimum atomic E-state index is -0.248. The Morgan fingerprint density at radius 1 is 1.03 bits per heavy atom. The topological polar surface area (TPSA) is 79.1 Å². The molecule has 0 aliphatic heterocycles. The maximum atomic E-state index is 13.5. The van der Waals surface area contributed by atoms with E-state index in [9.17, 15) is 4.79 Å². The molecule has 192 valence electrons. The SMILES string of the molecule is COc1cccc(COc2nc(C)n(-c3cc(-c4nc(C(C)(C)C)ncc4C)ccc3Cl)c(=O)c2C)c1. The Balaban J connectivity index is 1.73. The van der Waals surface area contributed by atoms with E-state index in [4.69, 9.17) is 26.1 Å². The number of aromatic nitrogens is 4. The fraction of sp³-hybridized carbons (Fsp3) is 0.310. The van der Waals surface area contributed by atoms with Crippen LogP contribution in [0.2, 0.25) is 5.02 Å². The molecular weight excluding hydrogens is 488 g/mol. The molecule has 8 heteroatoms. The number of rotatable bonds is 6. The summed E-state index contributed by atoms with van der Waals surface area (Å²) >= 11 is 6.60. The summed E-state index contributed by atoms with van der Waals surface area (Å²) in [5, 5.41) is 0.433. The van der Waals surface area contributed by atoms with E-state index in [1.165, 1.54) is 4.57 Å². The molecule has 0 saturated heterocycles. The third-order valence-corrected chi connectivity index (χ3v) is 6.36. The van der Waals surface area contributed by atoms with Crippen LogP contribution in [-0.4, -0.2) is 26.6 Å². The summed E-state index contributed by atoms with van der Waals surface area (Å²) in [4.78, 5) is 27.5. The lowest BCUT2D eigenvalue weighted by Crippen LogP contribution is -2.25. The van der Waals surface area contributed by atoms with Gasteiger partial charge in [0.15, 0.2) is 0 Å². The lowest BCUT2D eigenvalue weighted by molar-refractivity contribution is 0.288. The predicted molar refractivity (Wildman–Crippen MR) is 146 cm³/mol. The average molecular weight is 519 g/mol. The summed E-state index contributed by atoms with van der Waals surface area (Å²) < 4.78 is 12.7. The van der Waals surface area contributed by atoms with Gasteiger partial charge in [-0.05, 0) is 56.2 Å². The minimum absolute atomic E-state index is 0.201. The van der Waals surface area contributed by atoms with Crippen molar-refractivity contribution in [2.75, 3.05) is 7.11 Å². The molecule has 4 rings (SSSR count). The van der Waals surface area contributed by atoms with Crippen molar-refractivity contribution in [1.82, 2.24) is 19.5 Å². The van der Waals surface area contributed by atoms with Gasteiger partial charge in [-0.25, -0.2) is 9.97 Å². The highest BCUT2D eigenvalue weighted by Gasteiger charge is 2.21. The maximum Gasteiger partial charge on any atom is 0.264 e.